The van der Waals surface area contributed by atoms with Gasteiger partial charge in [0.15, 0.2) is 0 Å². The number of hydrogen-bond acceptors (Lipinski definition) is 3. The molecule has 2 heterocycles. The Bertz CT molecular complexity index is 486. The molecule has 3 rings (SSSR count). The number of hydrogen-bond donors (Lipinski definition) is 2. The second-order valence-electron chi connectivity index (χ2n) is 5.26. The second kappa shape index (κ2) is 4.81. The fraction of sp³-hybridized carbons (Fsp3) is 0.500. The molecule has 2 aliphatic heterocycles. The molecule has 0 saturated carbocycles. The molecule has 0 radical (unpaired) electrons. The normalized spacial score (nSPS) is 26.3. The van der Waals surface area contributed by atoms with Gasteiger partial charge in [-0.2, -0.15) is 0 Å². The Balaban J connectivity index is 1.91. The Hall–Kier alpha value is -1.62. The summed E-state index contributed by atoms with van der Waals surface area (Å²) in [6.45, 7) is 2.30. The molecule has 19 heavy (non-hydrogen) atoms. The number of carbonyl (C=O) groups is 1. The van der Waals surface area contributed by atoms with E-state index >= 15 is 0 Å². The number of amides is 1. The Morgan fingerprint density at radius 3 is 3.05 bits per heavy atom. The minimum atomic E-state index is -0.655. The molecule has 0 bridgehead atoms. The van der Waals surface area contributed by atoms with Crippen LogP contribution < -0.4 is 5.32 Å². The quantitative estimate of drug-likeness (QED) is 0.805. The van der Waals surface area contributed by atoms with E-state index in [1.807, 2.05) is 0 Å². The van der Waals surface area contributed by atoms with Gasteiger partial charge in [0, 0.05) is 25.7 Å². The van der Waals surface area contributed by atoms with Crippen LogP contribution in [0.5, 0.6) is 5.75 Å². The molecule has 0 aliphatic carbocycles. The van der Waals surface area contributed by atoms with Gasteiger partial charge in [0.25, 0.3) is 5.91 Å². The van der Waals surface area contributed by atoms with Crippen molar-refractivity contribution in [2.24, 2.45) is 5.92 Å². The number of phenols is 1. The average molecular weight is 264 g/mol. The van der Waals surface area contributed by atoms with Crippen molar-refractivity contribution < 1.29 is 14.3 Å². The van der Waals surface area contributed by atoms with E-state index in [0.29, 0.717) is 12.5 Å². The lowest BCUT2D eigenvalue weighted by molar-refractivity contribution is 0.0567. The van der Waals surface area contributed by atoms with Gasteiger partial charge in [-0.3, -0.25) is 4.79 Å². The lowest BCUT2D eigenvalue weighted by Crippen LogP contribution is -2.48. The smallest absolute Gasteiger partial charge is 0.260 e. The van der Waals surface area contributed by atoms with Gasteiger partial charge in [-0.1, -0.05) is 6.07 Å². The fourth-order valence-electron chi connectivity index (χ4n) is 3.19. The molecule has 5 heteroatoms. The number of nitrogens with one attached hydrogen (secondary N) is 1. The largest absolute Gasteiger partial charge is 0.507 e. The van der Waals surface area contributed by atoms with Crippen molar-refractivity contribution in [2.75, 3.05) is 19.6 Å². The summed E-state index contributed by atoms with van der Waals surface area (Å²) in [5, 5.41) is 13.0. The van der Waals surface area contributed by atoms with Crippen LogP contribution in [0.25, 0.3) is 0 Å². The molecule has 2 saturated heterocycles. The molecule has 1 aromatic carbocycles. The van der Waals surface area contributed by atoms with Crippen molar-refractivity contribution in [2.45, 2.75) is 18.9 Å². The molecule has 1 amide bonds. The van der Waals surface area contributed by atoms with Crippen LogP contribution in [0.4, 0.5) is 4.39 Å². The third-order valence-electron chi connectivity index (χ3n) is 4.14. The number of rotatable bonds is 1. The zero-order valence-corrected chi connectivity index (χ0v) is 10.6. The maximum Gasteiger partial charge on any atom is 0.260 e. The molecule has 1 aromatic rings. The van der Waals surface area contributed by atoms with Gasteiger partial charge in [-0.15, -0.1) is 0 Å². The third-order valence-corrected chi connectivity index (χ3v) is 4.14. The van der Waals surface area contributed by atoms with Gasteiger partial charge in [0.1, 0.15) is 17.1 Å². The van der Waals surface area contributed by atoms with Gasteiger partial charge in [0.2, 0.25) is 0 Å². The molecule has 2 atom stereocenters. The van der Waals surface area contributed by atoms with Crippen LogP contribution in [-0.2, 0) is 0 Å². The number of halogens is 1. The van der Waals surface area contributed by atoms with Crippen LogP contribution in [0.2, 0.25) is 0 Å². The average Bonchev–Trinajstić information content (AvgIpc) is 2.86. The predicted octanol–water partition coefficient (Wildman–Crippen LogP) is 1.36. The Kier molecular flexibility index (Phi) is 3.14. The monoisotopic (exact) mass is 264 g/mol. The topological polar surface area (TPSA) is 52.6 Å². The lowest BCUT2D eigenvalue weighted by atomic mass is 9.91. The first-order valence-corrected chi connectivity index (χ1v) is 6.67. The maximum atomic E-state index is 13.8. The summed E-state index contributed by atoms with van der Waals surface area (Å²) in [6.07, 6.45) is 2.04. The summed E-state index contributed by atoms with van der Waals surface area (Å²) in [5.41, 5.74) is -0.199. The molecule has 102 valence electrons. The van der Waals surface area contributed by atoms with Crippen molar-refractivity contribution >= 4 is 5.91 Å². The molecule has 0 aromatic heterocycles. The van der Waals surface area contributed by atoms with Crippen LogP contribution in [0.15, 0.2) is 18.2 Å². The summed E-state index contributed by atoms with van der Waals surface area (Å²) in [7, 11) is 0. The van der Waals surface area contributed by atoms with Crippen molar-refractivity contribution in [1.29, 1.82) is 0 Å². The highest BCUT2D eigenvalue weighted by Gasteiger charge is 2.38. The molecular formula is C14H17FN2O2. The minimum Gasteiger partial charge on any atom is -0.507 e. The van der Waals surface area contributed by atoms with Crippen LogP contribution in [0.3, 0.4) is 0 Å². The Labute approximate surface area is 111 Å². The highest BCUT2D eigenvalue weighted by molar-refractivity contribution is 5.97. The highest BCUT2D eigenvalue weighted by atomic mass is 19.1. The SMILES string of the molecule is O=C(c1c(O)cccc1F)N1CCCC2CNCC21. The van der Waals surface area contributed by atoms with E-state index in [1.54, 1.807) is 4.90 Å². The van der Waals surface area contributed by atoms with Gasteiger partial charge >= 0.3 is 0 Å². The molecule has 4 nitrogen and oxygen atoms in total. The fourth-order valence-corrected chi connectivity index (χ4v) is 3.19. The third kappa shape index (κ3) is 2.08. The van der Waals surface area contributed by atoms with Crippen LogP contribution in [0.1, 0.15) is 23.2 Å². The molecule has 0 spiro atoms. The lowest BCUT2D eigenvalue weighted by Gasteiger charge is -2.37. The van der Waals surface area contributed by atoms with E-state index in [4.69, 9.17) is 0 Å². The standard InChI is InChI=1S/C14H17FN2O2/c15-10-4-1-5-12(18)13(10)14(19)17-6-2-3-9-7-16-8-11(9)17/h1,4-5,9,11,16,18H,2-3,6-8H2. The van der Waals surface area contributed by atoms with Crippen LogP contribution in [0, 0.1) is 11.7 Å². The van der Waals surface area contributed by atoms with Gasteiger partial charge in [0.05, 0.1) is 0 Å². The van der Waals surface area contributed by atoms with Crippen molar-refractivity contribution in [3.05, 3.63) is 29.6 Å². The number of likely N-dealkylation sites (tertiary alicyclic amines) is 1. The second-order valence-corrected chi connectivity index (χ2v) is 5.26. The van der Waals surface area contributed by atoms with E-state index in [1.165, 1.54) is 18.2 Å². The summed E-state index contributed by atoms with van der Waals surface area (Å²) in [4.78, 5) is 14.2. The van der Waals surface area contributed by atoms with E-state index in [-0.39, 0.29) is 17.4 Å². The first-order chi connectivity index (χ1) is 9.18. The first kappa shape index (κ1) is 12.4. The van der Waals surface area contributed by atoms with Gasteiger partial charge in [-0.25, -0.2) is 4.39 Å². The number of carbonyl (C=O) groups excluding carboxylic acids is 1. The number of phenolic OH excluding ortho intramolecular Hbond substituents is 1. The molecule has 2 unspecified atom stereocenters. The Morgan fingerprint density at radius 2 is 2.26 bits per heavy atom. The summed E-state index contributed by atoms with van der Waals surface area (Å²) in [5.74, 6) is -0.878. The van der Waals surface area contributed by atoms with Gasteiger partial charge in [-0.05, 0) is 30.9 Å². The van der Waals surface area contributed by atoms with E-state index in [2.05, 4.69) is 5.32 Å². The van der Waals surface area contributed by atoms with Crippen molar-refractivity contribution in [1.82, 2.24) is 10.2 Å². The molecule has 2 aliphatic rings. The van der Waals surface area contributed by atoms with E-state index in [9.17, 15) is 14.3 Å². The van der Waals surface area contributed by atoms with E-state index in [0.717, 1.165) is 25.9 Å². The molecule has 2 N–H and O–H groups in total. The highest BCUT2D eigenvalue weighted by Crippen LogP contribution is 2.30. The summed E-state index contributed by atoms with van der Waals surface area (Å²) >= 11 is 0. The number of benzene rings is 1. The Morgan fingerprint density at radius 1 is 1.42 bits per heavy atom. The van der Waals surface area contributed by atoms with Gasteiger partial charge < -0.3 is 15.3 Å². The molecular weight excluding hydrogens is 247 g/mol. The zero-order chi connectivity index (χ0) is 13.4. The minimum absolute atomic E-state index is 0.125. The number of fused-ring (bicyclic) bond motifs is 1. The van der Waals surface area contributed by atoms with E-state index < -0.39 is 11.7 Å². The van der Waals surface area contributed by atoms with Crippen molar-refractivity contribution in [3.8, 4) is 5.75 Å². The first-order valence-electron chi connectivity index (χ1n) is 6.67. The number of piperidine rings is 1. The van der Waals surface area contributed by atoms with Crippen LogP contribution >= 0.6 is 0 Å². The summed E-state index contributed by atoms with van der Waals surface area (Å²) in [6, 6.07) is 4.09. The number of aromatic hydroxyl groups is 1. The number of nitrogens with zero attached hydrogens (tertiary/aromatic N) is 1. The van der Waals surface area contributed by atoms with Crippen LogP contribution in [-0.4, -0.2) is 41.6 Å². The summed E-state index contributed by atoms with van der Waals surface area (Å²) < 4.78 is 13.8. The van der Waals surface area contributed by atoms with Crippen molar-refractivity contribution in [3.63, 3.8) is 0 Å². The zero-order valence-electron chi connectivity index (χ0n) is 10.6. The predicted molar refractivity (Wildman–Crippen MR) is 68.5 cm³/mol. The maximum absolute atomic E-state index is 13.8. The molecule has 2 fully saturated rings.